The Morgan fingerprint density at radius 3 is 2.82 bits per heavy atom. The van der Waals surface area contributed by atoms with Gasteiger partial charge in [0.25, 0.3) is 0 Å². The standard InChI is InChI=1S/C11H17N3OS.ClH/c1-3-9-6-13-10(16-9)7-14(2)11(15)8-4-12-5-8;/h6,8,12H,3-5,7H2,1-2H3;1H. The molecule has 1 fully saturated rings. The fourth-order valence-electron chi connectivity index (χ4n) is 1.64. The SMILES string of the molecule is CCc1cnc(CN(C)C(=O)C2CNC2)s1.Cl. The van der Waals surface area contributed by atoms with Crippen LogP contribution in [0.4, 0.5) is 0 Å². The first-order valence-electron chi connectivity index (χ1n) is 5.60. The molecule has 0 aromatic carbocycles. The molecular weight excluding hydrogens is 258 g/mol. The Morgan fingerprint density at radius 1 is 1.65 bits per heavy atom. The van der Waals surface area contributed by atoms with E-state index >= 15 is 0 Å². The summed E-state index contributed by atoms with van der Waals surface area (Å²) in [5, 5.41) is 4.14. The second-order valence-corrected chi connectivity index (χ2v) is 5.32. The average molecular weight is 276 g/mol. The van der Waals surface area contributed by atoms with E-state index in [1.807, 2.05) is 13.2 Å². The van der Waals surface area contributed by atoms with E-state index in [1.165, 1.54) is 4.88 Å². The van der Waals surface area contributed by atoms with Gasteiger partial charge in [0, 0.05) is 31.2 Å². The zero-order valence-corrected chi connectivity index (χ0v) is 11.7. The lowest BCUT2D eigenvalue weighted by atomic mass is 10.0. The van der Waals surface area contributed by atoms with E-state index in [2.05, 4.69) is 17.2 Å². The molecule has 1 aliphatic heterocycles. The zero-order chi connectivity index (χ0) is 11.5. The minimum Gasteiger partial charge on any atom is -0.339 e. The summed E-state index contributed by atoms with van der Waals surface area (Å²) in [5.74, 6) is 0.405. The van der Waals surface area contributed by atoms with Gasteiger partial charge in [-0.3, -0.25) is 4.79 Å². The third-order valence-electron chi connectivity index (χ3n) is 2.83. The fourth-order valence-corrected chi connectivity index (χ4v) is 2.56. The van der Waals surface area contributed by atoms with Gasteiger partial charge in [0.05, 0.1) is 12.5 Å². The van der Waals surface area contributed by atoms with Gasteiger partial charge in [-0.05, 0) is 6.42 Å². The van der Waals surface area contributed by atoms with Crippen LogP contribution in [-0.4, -0.2) is 35.9 Å². The van der Waals surface area contributed by atoms with Crippen molar-refractivity contribution in [3.63, 3.8) is 0 Å². The summed E-state index contributed by atoms with van der Waals surface area (Å²) in [7, 11) is 1.85. The highest BCUT2D eigenvalue weighted by atomic mass is 35.5. The van der Waals surface area contributed by atoms with Gasteiger partial charge in [-0.1, -0.05) is 6.92 Å². The summed E-state index contributed by atoms with van der Waals surface area (Å²) < 4.78 is 0. The molecule has 0 bridgehead atoms. The van der Waals surface area contributed by atoms with E-state index < -0.39 is 0 Å². The van der Waals surface area contributed by atoms with Gasteiger partial charge in [0.2, 0.25) is 5.91 Å². The van der Waals surface area contributed by atoms with Crippen LogP contribution in [0.15, 0.2) is 6.20 Å². The Labute approximate surface area is 112 Å². The number of nitrogens with zero attached hydrogens (tertiary/aromatic N) is 2. The summed E-state index contributed by atoms with van der Waals surface area (Å²) in [5.41, 5.74) is 0. The number of hydrogen-bond acceptors (Lipinski definition) is 4. The molecule has 0 unspecified atom stereocenters. The van der Waals surface area contributed by atoms with Gasteiger partial charge in [0.15, 0.2) is 0 Å². The molecule has 2 heterocycles. The van der Waals surface area contributed by atoms with Crippen LogP contribution in [0.5, 0.6) is 0 Å². The van der Waals surface area contributed by atoms with Crippen molar-refractivity contribution in [3.8, 4) is 0 Å². The van der Waals surface area contributed by atoms with Crippen molar-refractivity contribution >= 4 is 29.7 Å². The lowest BCUT2D eigenvalue weighted by Gasteiger charge is -2.29. The average Bonchev–Trinajstić information content (AvgIpc) is 2.62. The van der Waals surface area contributed by atoms with Crippen molar-refractivity contribution in [1.29, 1.82) is 0 Å². The monoisotopic (exact) mass is 275 g/mol. The number of hydrogen-bond donors (Lipinski definition) is 1. The first-order chi connectivity index (χ1) is 7.70. The van der Waals surface area contributed by atoms with Crippen molar-refractivity contribution in [1.82, 2.24) is 15.2 Å². The van der Waals surface area contributed by atoms with E-state index in [-0.39, 0.29) is 24.2 Å². The topological polar surface area (TPSA) is 45.2 Å². The Hall–Kier alpha value is -0.650. The van der Waals surface area contributed by atoms with E-state index in [0.717, 1.165) is 24.5 Å². The van der Waals surface area contributed by atoms with E-state index in [1.54, 1.807) is 16.2 Å². The minimum absolute atomic E-state index is 0. The molecular formula is C11H18ClN3OS. The van der Waals surface area contributed by atoms with Crippen LogP contribution in [-0.2, 0) is 17.8 Å². The van der Waals surface area contributed by atoms with Gasteiger partial charge in [-0.25, -0.2) is 4.98 Å². The van der Waals surface area contributed by atoms with Crippen molar-refractivity contribution in [3.05, 3.63) is 16.1 Å². The van der Waals surface area contributed by atoms with Crippen LogP contribution in [0.1, 0.15) is 16.8 Å². The van der Waals surface area contributed by atoms with Crippen LogP contribution in [0.3, 0.4) is 0 Å². The summed E-state index contributed by atoms with van der Waals surface area (Å²) >= 11 is 1.70. The number of aromatic nitrogens is 1. The van der Waals surface area contributed by atoms with E-state index in [9.17, 15) is 4.79 Å². The highest BCUT2D eigenvalue weighted by Gasteiger charge is 2.27. The number of halogens is 1. The lowest BCUT2D eigenvalue weighted by molar-refractivity contribution is -0.136. The van der Waals surface area contributed by atoms with Gasteiger partial charge < -0.3 is 10.2 Å². The molecule has 0 spiro atoms. The quantitative estimate of drug-likeness (QED) is 0.901. The van der Waals surface area contributed by atoms with Gasteiger partial charge in [0.1, 0.15) is 5.01 Å². The van der Waals surface area contributed by atoms with Crippen LogP contribution in [0, 0.1) is 5.92 Å². The molecule has 2 rings (SSSR count). The number of carbonyl (C=O) groups is 1. The van der Waals surface area contributed by atoms with E-state index in [0.29, 0.717) is 6.54 Å². The molecule has 1 saturated heterocycles. The van der Waals surface area contributed by atoms with E-state index in [4.69, 9.17) is 0 Å². The summed E-state index contributed by atoms with van der Waals surface area (Å²) in [6.07, 6.45) is 2.92. The number of aryl methyl sites for hydroxylation is 1. The predicted molar refractivity (Wildman–Crippen MR) is 71.6 cm³/mol. The Morgan fingerprint density at radius 2 is 2.35 bits per heavy atom. The highest BCUT2D eigenvalue weighted by molar-refractivity contribution is 7.11. The molecule has 0 saturated carbocycles. The molecule has 6 heteroatoms. The zero-order valence-electron chi connectivity index (χ0n) is 10.1. The van der Waals surface area contributed by atoms with Crippen molar-refractivity contribution < 1.29 is 4.79 Å². The van der Waals surface area contributed by atoms with Crippen LogP contribution in [0.2, 0.25) is 0 Å². The Balaban J connectivity index is 0.00000144. The lowest BCUT2D eigenvalue weighted by Crippen LogP contribution is -2.50. The van der Waals surface area contributed by atoms with Gasteiger partial charge in [-0.2, -0.15) is 0 Å². The first kappa shape index (κ1) is 14.4. The van der Waals surface area contributed by atoms with Gasteiger partial charge >= 0.3 is 0 Å². The molecule has 0 atom stereocenters. The number of thiazole rings is 1. The number of rotatable bonds is 4. The highest BCUT2D eigenvalue weighted by Crippen LogP contribution is 2.16. The van der Waals surface area contributed by atoms with Crippen LogP contribution < -0.4 is 5.32 Å². The molecule has 1 aromatic rings. The van der Waals surface area contributed by atoms with Crippen molar-refractivity contribution in [2.45, 2.75) is 19.9 Å². The maximum atomic E-state index is 11.9. The molecule has 1 N–H and O–H groups in total. The number of amides is 1. The minimum atomic E-state index is 0. The molecule has 4 nitrogen and oxygen atoms in total. The van der Waals surface area contributed by atoms with Gasteiger partial charge in [-0.15, -0.1) is 23.7 Å². The first-order valence-corrected chi connectivity index (χ1v) is 6.41. The molecule has 1 aromatic heterocycles. The largest absolute Gasteiger partial charge is 0.339 e. The van der Waals surface area contributed by atoms with Crippen LogP contribution >= 0.6 is 23.7 Å². The molecule has 1 amide bonds. The number of nitrogens with one attached hydrogen (secondary N) is 1. The Kier molecular flexibility index (Phi) is 5.36. The molecule has 0 aliphatic carbocycles. The summed E-state index contributed by atoms with van der Waals surface area (Å²) in [4.78, 5) is 19.3. The maximum Gasteiger partial charge on any atom is 0.228 e. The van der Waals surface area contributed by atoms with Crippen molar-refractivity contribution in [2.75, 3.05) is 20.1 Å². The second kappa shape index (κ2) is 6.33. The third kappa shape index (κ3) is 3.40. The smallest absolute Gasteiger partial charge is 0.228 e. The van der Waals surface area contributed by atoms with Crippen LogP contribution in [0.25, 0.3) is 0 Å². The molecule has 0 radical (unpaired) electrons. The number of carbonyl (C=O) groups excluding carboxylic acids is 1. The van der Waals surface area contributed by atoms with Crippen molar-refractivity contribution in [2.24, 2.45) is 5.92 Å². The second-order valence-electron chi connectivity index (χ2n) is 4.12. The normalized spacial score (nSPS) is 14.9. The Bertz CT molecular complexity index is 379. The summed E-state index contributed by atoms with van der Waals surface area (Å²) in [6.45, 7) is 4.40. The molecule has 96 valence electrons. The molecule has 1 aliphatic rings. The third-order valence-corrected chi connectivity index (χ3v) is 3.96. The fraction of sp³-hybridized carbons (Fsp3) is 0.636. The predicted octanol–water partition coefficient (Wildman–Crippen LogP) is 1.31. The molecule has 17 heavy (non-hydrogen) atoms. The summed E-state index contributed by atoms with van der Waals surface area (Å²) in [6, 6.07) is 0. The maximum absolute atomic E-state index is 11.9.